The van der Waals surface area contributed by atoms with Gasteiger partial charge in [0, 0.05) is 5.56 Å². The van der Waals surface area contributed by atoms with Crippen LogP contribution in [0.3, 0.4) is 0 Å². The minimum atomic E-state index is 0.0753. The van der Waals surface area contributed by atoms with Crippen LogP contribution < -0.4 is 0 Å². The molecule has 0 aliphatic carbocycles. The molecule has 0 N–H and O–H groups in total. The zero-order valence-electron chi connectivity index (χ0n) is 8.21. The summed E-state index contributed by atoms with van der Waals surface area (Å²) in [5, 5.41) is 9.91. The molecule has 1 aromatic carbocycles. The number of thioether (sulfide) groups is 1. The molecule has 15 heavy (non-hydrogen) atoms. The van der Waals surface area contributed by atoms with E-state index in [-0.39, 0.29) is 6.04 Å². The molecule has 0 saturated heterocycles. The van der Waals surface area contributed by atoms with Crippen LogP contribution >= 0.6 is 11.8 Å². The van der Waals surface area contributed by atoms with Crippen LogP contribution in [0.1, 0.15) is 11.1 Å². The van der Waals surface area contributed by atoms with Gasteiger partial charge in [0.2, 0.25) is 0 Å². The Morgan fingerprint density at radius 2 is 2.00 bits per heavy atom. The third kappa shape index (κ3) is 1.51. The van der Waals surface area contributed by atoms with E-state index >= 15 is 0 Å². The van der Waals surface area contributed by atoms with Gasteiger partial charge in [-0.05, 0) is 18.7 Å². The van der Waals surface area contributed by atoms with Crippen LogP contribution in [-0.2, 0) is 0 Å². The molecule has 74 valence electrons. The van der Waals surface area contributed by atoms with Crippen LogP contribution in [0, 0.1) is 6.92 Å². The van der Waals surface area contributed by atoms with Gasteiger partial charge in [-0.1, -0.05) is 29.8 Å². The Morgan fingerprint density at radius 3 is 2.73 bits per heavy atom. The number of benzene rings is 1. The molecule has 0 fully saturated rings. The van der Waals surface area contributed by atoms with Crippen molar-refractivity contribution in [2.24, 2.45) is 15.2 Å². The van der Waals surface area contributed by atoms with Crippen LogP contribution in [0.25, 0.3) is 0 Å². The number of fused-ring (bicyclic) bond motifs is 1. The fourth-order valence-corrected chi connectivity index (χ4v) is 2.47. The van der Waals surface area contributed by atoms with Gasteiger partial charge >= 0.3 is 0 Å². The standard InChI is InChI=1S/C11H9N3S/c1-7-2-4-8(5-3-7)10-13-9-6-12-14-11(9)15-10/h2-6,9H,1H3/t9-/m0/s1. The summed E-state index contributed by atoms with van der Waals surface area (Å²) in [5.74, 6) is 0. The zero-order chi connectivity index (χ0) is 10.3. The Bertz CT molecular complexity index is 485. The van der Waals surface area contributed by atoms with E-state index in [1.165, 1.54) is 5.56 Å². The van der Waals surface area contributed by atoms with Gasteiger partial charge in [-0.25, -0.2) is 0 Å². The van der Waals surface area contributed by atoms with E-state index in [1.807, 2.05) is 0 Å². The lowest BCUT2D eigenvalue weighted by molar-refractivity contribution is 1.22. The van der Waals surface area contributed by atoms with Crippen molar-refractivity contribution < 1.29 is 0 Å². The molecular weight excluding hydrogens is 206 g/mol. The quantitative estimate of drug-likeness (QED) is 0.708. The first-order valence-electron chi connectivity index (χ1n) is 4.77. The first kappa shape index (κ1) is 8.85. The molecule has 1 atom stereocenters. The summed E-state index contributed by atoms with van der Waals surface area (Å²) >= 11 is 1.62. The average molecular weight is 215 g/mol. The summed E-state index contributed by atoms with van der Waals surface area (Å²) in [7, 11) is 0. The lowest BCUT2D eigenvalue weighted by atomic mass is 10.2. The predicted octanol–water partition coefficient (Wildman–Crippen LogP) is 2.25. The van der Waals surface area contributed by atoms with Crippen molar-refractivity contribution in [2.45, 2.75) is 13.0 Å². The van der Waals surface area contributed by atoms with Crippen molar-refractivity contribution in [2.75, 3.05) is 0 Å². The Kier molecular flexibility index (Phi) is 1.95. The average Bonchev–Trinajstić information content (AvgIpc) is 2.78. The summed E-state index contributed by atoms with van der Waals surface area (Å²) < 4.78 is 0. The highest BCUT2D eigenvalue weighted by atomic mass is 32.2. The van der Waals surface area contributed by atoms with Crippen LogP contribution in [0.4, 0.5) is 0 Å². The Labute approximate surface area is 92.0 Å². The van der Waals surface area contributed by atoms with Crippen LogP contribution in [0.2, 0.25) is 0 Å². The molecular formula is C11H9N3S. The lowest BCUT2D eigenvalue weighted by Crippen LogP contribution is -2.06. The highest BCUT2D eigenvalue weighted by Crippen LogP contribution is 2.27. The van der Waals surface area contributed by atoms with E-state index in [9.17, 15) is 0 Å². The van der Waals surface area contributed by atoms with E-state index < -0.39 is 0 Å². The fourth-order valence-electron chi connectivity index (χ4n) is 1.53. The molecule has 3 nitrogen and oxygen atoms in total. The maximum Gasteiger partial charge on any atom is 0.138 e. The minimum absolute atomic E-state index is 0.0753. The molecule has 0 aromatic heterocycles. The topological polar surface area (TPSA) is 37.1 Å². The summed E-state index contributed by atoms with van der Waals surface area (Å²) in [6.45, 7) is 2.08. The number of hydrogen-bond donors (Lipinski definition) is 0. The molecule has 2 aliphatic rings. The van der Waals surface area contributed by atoms with Crippen molar-refractivity contribution >= 4 is 28.1 Å². The molecule has 2 heterocycles. The molecule has 0 radical (unpaired) electrons. The first-order chi connectivity index (χ1) is 7.33. The van der Waals surface area contributed by atoms with Crippen LogP contribution in [-0.4, -0.2) is 22.3 Å². The smallest absolute Gasteiger partial charge is 0.138 e. The van der Waals surface area contributed by atoms with Crippen LogP contribution in [0.5, 0.6) is 0 Å². The molecule has 1 aromatic rings. The summed E-state index contributed by atoms with van der Waals surface area (Å²) in [6, 6.07) is 8.47. The molecule has 0 saturated carbocycles. The summed E-state index contributed by atoms with van der Waals surface area (Å²) in [6.07, 6.45) is 1.78. The van der Waals surface area contributed by atoms with Crippen molar-refractivity contribution in [1.29, 1.82) is 0 Å². The maximum absolute atomic E-state index is 4.55. The SMILES string of the molecule is Cc1ccc(C2=N[C@H]3C=NN=C3S2)cc1. The van der Waals surface area contributed by atoms with Crippen molar-refractivity contribution in [3.63, 3.8) is 0 Å². The molecule has 2 aliphatic heterocycles. The van der Waals surface area contributed by atoms with Gasteiger partial charge in [0.25, 0.3) is 0 Å². The molecule has 0 unspecified atom stereocenters. The second-order valence-corrected chi connectivity index (χ2v) is 4.56. The minimum Gasteiger partial charge on any atom is -0.261 e. The molecule has 0 bridgehead atoms. The normalized spacial score (nSPS) is 22.6. The van der Waals surface area contributed by atoms with Gasteiger partial charge in [0.1, 0.15) is 16.1 Å². The number of aryl methyl sites for hydroxylation is 1. The number of rotatable bonds is 1. The van der Waals surface area contributed by atoms with Gasteiger partial charge < -0.3 is 0 Å². The first-order valence-corrected chi connectivity index (χ1v) is 5.58. The monoisotopic (exact) mass is 215 g/mol. The third-order valence-corrected chi connectivity index (χ3v) is 3.44. The lowest BCUT2D eigenvalue weighted by Gasteiger charge is -1.99. The number of aliphatic imine (C=N–C) groups is 1. The molecule has 0 amide bonds. The van der Waals surface area contributed by atoms with Gasteiger partial charge in [-0.15, -0.1) is 5.10 Å². The second-order valence-electron chi connectivity index (χ2n) is 3.55. The van der Waals surface area contributed by atoms with E-state index in [0.29, 0.717) is 0 Å². The molecule has 4 heteroatoms. The van der Waals surface area contributed by atoms with Crippen molar-refractivity contribution in [3.05, 3.63) is 35.4 Å². The van der Waals surface area contributed by atoms with Gasteiger partial charge in [-0.3, -0.25) is 4.99 Å². The van der Waals surface area contributed by atoms with Gasteiger partial charge in [0.15, 0.2) is 0 Å². The predicted molar refractivity (Wildman–Crippen MR) is 65.0 cm³/mol. The van der Waals surface area contributed by atoms with E-state index in [0.717, 1.165) is 15.7 Å². The van der Waals surface area contributed by atoms with E-state index in [2.05, 4.69) is 46.4 Å². The highest BCUT2D eigenvalue weighted by molar-refractivity contribution is 8.27. The van der Waals surface area contributed by atoms with E-state index in [1.54, 1.807) is 18.0 Å². The van der Waals surface area contributed by atoms with Gasteiger partial charge in [0.05, 0.1) is 6.21 Å². The Hall–Kier alpha value is -1.42. The Morgan fingerprint density at radius 1 is 1.20 bits per heavy atom. The van der Waals surface area contributed by atoms with Crippen molar-refractivity contribution in [1.82, 2.24) is 0 Å². The molecule has 0 spiro atoms. The van der Waals surface area contributed by atoms with Gasteiger partial charge in [-0.2, -0.15) is 5.10 Å². The molecule has 3 rings (SSSR count). The highest BCUT2D eigenvalue weighted by Gasteiger charge is 2.27. The number of nitrogens with zero attached hydrogens (tertiary/aromatic N) is 3. The van der Waals surface area contributed by atoms with Crippen molar-refractivity contribution in [3.8, 4) is 0 Å². The maximum atomic E-state index is 4.55. The third-order valence-electron chi connectivity index (χ3n) is 2.37. The fraction of sp³-hybridized carbons (Fsp3) is 0.182. The summed E-state index contributed by atoms with van der Waals surface area (Å²) in [5.41, 5.74) is 2.43. The largest absolute Gasteiger partial charge is 0.261 e. The van der Waals surface area contributed by atoms with E-state index in [4.69, 9.17) is 0 Å². The summed E-state index contributed by atoms with van der Waals surface area (Å²) in [4.78, 5) is 4.55. The Balaban J connectivity index is 1.94. The van der Waals surface area contributed by atoms with Crippen LogP contribution in [0.15, 0.2) is 39.5 Å². The zero-order valence-corrected chi connectivity index (χ0v) is 9.03. The number of hydrogen-bond acceptors (Lipinski definition) is 4. The second kappa shape index (κ2) is 3.31.